The summed E-state index contributed by atoms with van der Waals surface area (Å²) < 4.78 is 23.7. The highest BCUT2D eigenvalue weighted by Crippen LogP contribution is 2.68. The Morgan fingerprint density at radius 1 is 0.967 bits per heavy atom. The zero-order chi connectivity index (χ0) is 42.6. The van der Waals surface area contributed by atoms with E-state index in [0.717, 1.165) is 16.5 Å². The van der Waals surface area contributed by atoms with Gasteiger partial charge in [0.05, 0.1) is 38.7 Å². The van der Waals surface area contributed by atoms with Crippen molar-refractivity contribution in [2.75, 3.05) is 59.0 Å². The highest BCUT2D eigenvalue weighted by atomic mass is 16.6. The van der Waals surface area contributed by atoms with Crippen LogP contribution in [0, 0.1) is 11.3 Å². The Hall–Kier alpha value is -4.76. The molecule has 14 nitrogen and oxygen atoms in total. The number of aliphatic hydroxyl groups is 2. The summed E-state index contributed by atoms with van der Waals surface area (Å²) in [6, 6.07) is 9.97. The van der Waals surface area contributed by atoms with E-state index < -0.39 is 63.5 Å². The molecule has 3 N–H and O–H groups in total. The van der Waals surface area contributed by atoms with Crippen molar-refractivity contribution in [3.05, 3.63) is 70.9 Å². The third kappa shape index (κ3) is 5.19. The fraction of sp³-hybridized carbons (Fsp3) is 0.565. The van der Waals surface area contributed by atoms with Gasteiger partial charge in [-0.05, 0) is 74.2 Å². The summed E-state index contributed by atoms with van der Waals surface area (Å²) in [7, 11) is 4.09. The van der Waals surface area contributed by atoms with Crippen molar-refractivity contribution in [1.29, 1.82) is 0 Å². The Labute approximate surface area is 349 Å². The van der Waals surface area contributed by atoms with Crippen molar-refractivity contribution < 1.29 is 48.3 Å². The lowest BCUT2D eigenvalue weighted by atomic mass is 9.47. The van der Waals surface area contributed by atoms with Gasteiger partial charge in [0, 0.05) is 78.2 Å². The number of nitrogens with one attached hydrogen (secondary N) is 1. The van der Waals surface area contributed by atoms with Crippen LogP contribution in [-0.4, -0.2) is 133 Å². The van der Waals surface area contributed by atoms with Gasteiger partial charge < -0.3 is 39.0 Å². The lowest BCUT2D eigenvalue weighted by Crippen LogP contribution is -2.81. The number of carbonyl (C=O) groups excluding carboxylic acids is 4. The Balaban J connectivity index is 1.38. The molecule has 1 aromatic heterocycles. The van der Waals surface area contributed by atoms with Gasteiger partial charge in [0.2, 0.25) is 12.0 Å². The third-order valence-electron chi connectivity index (χ3n) is 15.5. The molecule has 10 atom stereocenters. The van der Waals surface area contributed by atoms with Crippen LogP contribution in [0.25, 0.3) is 10.9 Å². The molecule has 5 aliphatic heterocycles. The van der Waals surface area contributed by atoms with E-state index in [-0.39, 0.29) is 12.3 Å². The van der Waals surface area contributed by atoms with E-state index in [9.17, 15) is 24.6 Å². The molecule has 1 spiro atoms. The minimum absolute atomic E-state index is 0.155. The molecule has 0 radical (unpaired) electrons. The maximum absolute atomic E-state index is 15.3. The molecule has 14 heteroatoms. The summed E-state index contributed by atoms with van der Waals surface area (Å²) in [5, 5.41) is 26.3. The average Bonchev–Trinajstić information content (AvgIpc) is 3.92. The zero-order valence-corrected chi connectivity index (χ0v) is 35.3. The highest BCUT2D eigenvalue weighted by Gasteiger charge is 2.81. The minimum atomic E-state index is -2.53. The number of methoxy groups -OCH3 is 3. The lowest BCUT2D eigenvalue weighted by molar-refractivity contribution is -0.228. The van der Waals surface area contributed by atoms with E-state index in [2.05, 4.69) is 20.9 Å². The number of para-hydroxylation sites is 1. The van der Waals surface area contributed by atoms with E-state index >= 15 is 4.79 Å². The second-order valence-corrected chi connectivity index (χ2v) is 18.1. The number of amides is 1. The van der Waals surface area contributed by atoms with Crippen LogP contribution in [0.15, 0.2) is 48.6 Å². The number of aromatic amines is 1. The number of anilines is 1. The smallest absolute Gasteiger partial charge is 0.344 e. The Kier molecular flexibility index (Phi) is 9.58. The largest absolute Gasteiger partial charge is 0.496 e. The van der Waals surface area contributed by atoms with Gasteiger partial charge in [-0.25, -0.2) is 4.79 Å². The van der Waals surface area contributed by atoms with Crippen LogP contribution in [0.5, 0.6) is 5.75 Å². The van der Waals surface area contributed by atoms with E-state index in [1.165, 1.54) is 33.2 Å². The van der Waals surface area contributed by atoms with Gasteiger partial charge in [-0.3, -0.25) is 24.2 Å². The number of esters is 3. The normalized spacial score (nSPS) is 36.5. The SMILES string of the molecule is CC[C@]1(O)C[C@@H]2CN(CCc3c([nH]c4ccccc34)[C@@](C(=O)OC)(c3cc4c(cc3OC)N(C=O)[C@@H]3[C@@]45CCN4CC=C[C@@](CC)(C(OC(C)=O)[C@]3(O)C(=O)OC)[C@H]45)C2)C1. The number of hydrogen-bond acceptors (Lipinski definition) is 12. The molecule has 6 aliphatic rings. The summed E-state index contributed by atoms with van der Waals surface area (Å²) in [4.78, 5) is 66.1. The zero-order valence-electron chi connectivity index (χ0n) is 35.3. The van der Waals surface area contributed by atoms with Crippen molar-refractivity contribution in [2.24, 2.45) is 11.3 Å². The molecule has 60 heavy (non-hydrogen) atoms. The fourth-order valence-corrected chi connectivity index (χ4v) is 13.4. The van der Waals surface area contributed by atoms with Crippen molar-refractivity contribution in [1.82, 2.24) is 14.8 Å². The van der Waals surface area contributed by atoms with E-state index in [1.807, 2.05) is 50.3 Å². The van der Waals surface area contributed by atoms with Crippen LogP contribution in [0.3, 0.4) is 0 Å². The number of carbonyl (C=O) groups is 4. The summed E-state index contributed by atoms with van der Waals surface area (Å²) in [6.45, 7) is 8.16. The van der Waals surface area contributed by atoms with Gasteiger partial charge in [0.25, 0.3) is 0 Å². The summed E-state index contributed by atoms with van der Waals surface area (Å²) in [5.41, 5.74) is -3.15. The van der Waals surface area contributed by atoms with Gasteiger partial charge in [0.1, 0.15) is 11.2 Å². The predicted octanol–water partition coefficient (Wildman–Crippen LogP) is 3.52. The first-order chi connectivity index (χ1) is 28.8. The molecule has 6 heterocycles. The van der Waals surface area contributed by atoms with Gasteiger partial charge >= 0.3 is 17.9 Å². The maximum Gasteiger partial charge on any atom is 0.344 e. The first-order valence-electron chi connectivity index (χ1n) is 21.3. The number of rotatable bonds is 8. The van der Waals surface area contributed by atoms with E-state index in [1.54, 1.807) is 6.07 Å². The fourth-order valence-electron chi connectivity index (χ4n) is 13.4. The maximum atomic E-state index is 15.3. The summed E-state index contributed by atoms with van der Waals surface area (Å²) in [5.74, 6) is -2.06. The first kappa shape index (κ1) is 40.6. The van der Waals surface area contributed by atoms with Gasteiger partial charge in [-0.1, -0.05) is 44.2 Å². The summed E-state index contributed by atoms with van der Waals surface area (Å²) >= 11 is 0. The molecule has 3 aromatic rings. The van der Waals surface area contributed by atoms with Crippen molar-refractivity contribution in [3.63, 3.8) is 0 Å². The topological polar surface area (TPSA) is 171 Å². The third-order valence-corrected chi connectivity index (χ3v) is 15.5. The van der Waals surface area contributed by atoms with Gasteiger partial charge in [0.15, 0.2) is 6.10 Å². The molecule has 2 unspecified atom stereocenters. The molecular weight excluding hydrogens is 769 g/mol. The quantitative estimate of drug-likeness (QED) is 0.131. The van der Waals surface area contributed by atoms with E-state index in [0.29, 0.717) is 99.5 Å². The molecule has 1 amide bonds. The number of H-pyrrole nitrogens is 1. The molecule has 9 rings (SSSR count). The second kappa shape index (κ2) is 14.1. The highest BCUT2D eigenvalue weighted by molar-refractivity contribution is 5.96. The number of aromatic nitrogens is 1. The van der Waals surface area contributed by atoms with Crippen LogP contribution in [0.4, 0.5) is 5.69 Å². The standard InChI is InChI=1S/C46H56N4O10/c1-7-42(55)22-28-23-45(40(53)58-5,36-30(14-18-48(24-28)25-42)29-12-9-10-13-33(29)47-36)32-20-31-34(21-35(32)57-4)50(26-51)38-44(31)16-19-49-17-11-15-43(8-2,37(44)49)39(60-27(3)52)46(38,56)41(54)59-6/h9-13,15,20-21,26,28,37-39,47,55-56H,7-8,14,16-19,22-25H2,1-6H3/t28-,37-,38+,39?,42-,43+,44-,45-,46-/m0/s1. The predicted molar refractivity (Wildman–Crippen MR) is 221 cm³/mol. The molecule has 2 aromatic carbocycles. The molecule has 1 aliphatic carbocycles. The van der Waals surface area contributed by atoms with E-state index in [4.69, 9.17) is 18.9 Å². The monoisotopic (exact) mass is 824 g/mol. The van der Waals surface area contributed by atoms with Crippen LogP contribution in [0.2, 0.25) is 0 Å². The number of nitrogens with zero attached hydrogens (tertiary/aromatic N) is 3. The van der Waals surface area contributed by atoms with Gasteiger partial charge in [-0.2, -0.15) is 0 Å². The van der Waals surface area contributed by atoms with Gasteiger partial charge in [-0.15, -0.1) is 0 Å². The van der Waals surface area contributed by atoms with Crippen molar-refractivity contribution >= 4 is 40.9 Å². The molecule has 1 saturated carbocycles. The Morgan fingerprint density at radius 2 is 1.73 bits per heavy atom. The Morgan fingerprint density at radius 3 is 2.42 bits per heavy atom. The van der Waals surface area contributed by atoms with Crippen LogP contribution in [0.1, 0.15) is 75.3 Å². The van der Waals surface area contributed by atoms with Crippen molar-refractivity contribution in [3.8, 4) is 5.75 Å². The molecule has 2 saturated heterocycles. The molecular formula is C46H56N4O10. The van der Waals surface area contributed by atoms with Crippen molar-refractivity contribution in [2.45, 2.75) is 99.5 Å². The number of hydrogen-bond donors (Lipinski definition) is 3. The number of benzene rings is 2. The van der Waals surface area contributed by atoms with Crippen LogP contribution in [-0.2, 0) is 50.6 Å². The minimum Gasteiger partial charge on any atom is -0.496 e. The van der Waals surface area contributed by atoms with Crippen LogP contribution >= 0.6 is 0 Å². The molecule has 2 bridgehead atoms. The summed E-state index contributed by atoms with van der Waals surface area (Å²) in [6.07, 6.45) is 5.83. The number of ether oxygens (including phenoxy) is 4. The number of fused-ring (bicyclic) bond motifs is 6. The molecule has 3 fully saturated rings. The first-order valence-corrected chi connectivity index (χ1v) is 21.3. The lowest BCUT2D eigenvalue weighted by Gasteiger charge is -2.63. The molecule has 320 valence electrons. The second-order valence-electron chi connectivity index (χ2n) is 18.1. The Bertz CT molecular complexity index is 2310. The average molecular weight is 825 g/mol. The van der Waals surface area contributed by atoms with Crippen LogP contribution < -0.4 is 9.64 Å². The number of piperidine rings is 1.